The summed E-state index contributed by atoms with van der Waals surface area (Å²) >= 11 is 0. The number of nitrogens with one attached hydrogen (secondary N) is 1. The highest BCUT2D eigenvalue weighted by Gasteiger charge is 2.43. The van der Waals surface area contributed by atoms with Crippen molar-refractivity contribution in [3.05, 3.63) is 83.4 Å². The van der Waals surface area contributed by atoms with Crippen molar-refractivity contribution in [1.82, 2.24) is 0 Å². The number of ether oxygens (including phenoxy) is 1. The molecule has 0 spiro atoms. The van der Waals surface area contributed by atoms with E-state index in [0.717, 1.165) is 33.7 Å². The van der Waals surface area contributed by atoms with E-state index in [0.29, 0.717) is 12.0 Å². The van der Waals surface area contributed by atoms with E-state index in [1.165, 1.54) is 0 Å². The first-order valence-corrected chi connectivity index (χ1v) is 9.61. The Morgan fingerprint density at radius 2 is 1.76 bits per heavy atom. The van der Waals surface area contributed by atoms with Crippen LogP contribution in [-0.2, 0) is 16.6 Å². The quantitative estimate of drug-likeness (QED) is 0.628. The highest BCUT2D eigenvalue weighted by molar-refractivity contribution is 6.06. The molecular formula is C25H23NO3. The summed E-state index contributed by atoms with van der Waals surface area (Å²) in [4.78, 5) is 24.7. The Morgan fingerprint density at radius 1 is 1.00 bits per heavy atom. The zero-order valence-electron chi connectivity index (χ0n) is 16.8. The van der Waals surface area contributed by atoms with Crippen molar-refractivity contribution in [3.8, 4) is 16.9 Å². The van der Waals surface area contributed by atoms with Crippen LogP contribution in [0.2, 0.25) is 0 Å². The lowest BCUT2D eigenvalue weighted by molar-refractivity contribution is -0.120. The fourth-order valence-electron chi connectivity index (χ4n) is 4.00. The average molecular weight is 385 g/mol. The molecule has 4 rings (SSSR count). The molecule has 1 aliphatic rings. The number of fused-ring (bicyclic) bond motifs is 1. The number of ketones is 1. The van der Waals surface area contributed by atoms with Crippen LogP contribution < -0.4 is 10.1 Å². The van der Waals surface area contributed by atoms with Gasteiger partial charge in [0.25, 0.3) is 0 Å². The monoisotopic (exact) mass is 385 g/mol. The minimum atomic E-state index is -0.710. The zero-order valence-corrected chi connectivity index (χ0v) is 16.8. The van der Waals surface area contributed by atoms with Gasteiger partial charge in [-0.25, -0.2) is 0 Å². The van der Waals surface area contributed by atoms with Gasteiger partial charge in [0.05, 0.1) is 12.5 Å². The first-order chi connectivity index (χ1) is 13.9. The summed E-state index contributed by atoms with van der Waals surface area (Å²) in [5, 5.41) is 3.02. The molecule has 3 aromatic carbocycles. The molecule has 1 heterocycles. The normalized spacial score (nSPS) is 17.6. The first-order valence-electron chi connectivity index (χ1n) is 9.61. The van der Waals surface area contributed by atoms with Crippen LogP contribution in [-0.4, -0.2) is 18.8 Å². The summed E-state index contributed by atoms with van der Waals surface area (Å²) in [6, 6.07) is 21.3. The lowest BCUT2D eigenvalue weighted by Crippen LogP contribution is -2.33. The minimum absolute atomic E-state index is 0.0203. The van der Waals surface area contributed by atoms with Gasteiger partial charge in [-0.2, -0.15) is 0 Å². The van der Waals surface area contributed by atoms with Crippen LogP contribution in [0.1, 0.15) is 35.3 Å². The third-order valence-electron chi connectivity index (χ3n) is 5.70. The molecule has 3 aromatic rings. The van der Waals surface area contributed by atoms with E-state index in [1.807, 2.05) is 67.6 Å². The Bertz CT molecular complexity index is 1120. The van der Waals surface area contributed by atoms with Crippen molar-refractivity contribution in [2.45, 2.75) is 25.7 Å². The molecule has 1 atom stereocenters. The Morgan fingerprint density at radius 3 is 2.52 bits per heavy atom. The fraction of sp³-hybridized carbons (Fsp3) is 0.200. The van der Waals surface area contributed by atoms with Crippen molar-refractivity contribution in [2.75, 3.05) is 12.4 Å². The van der Waals surface area contributed by atoms with E-state index in [9.17, 15) is 9.59 Å². The van der Waals surface area contributed by atoms with Crippen molar-refractivity contribution >= 4 is 17.4 Å². The second kappa shape index (κ2) is 7.21. The number of benzene rings is 3. The number of anilines is 1. The Hall–Kier alpha value is -3.40. The molecule has 1 aliphatic heterocycles. The maximum atomic E-state index is 13.0. The maximum Gasteiger partial charge on any atom is 0.235 e. The predicted octanol–water partition coefficient (Wildman–Crippen LogP) is 5.02. The number of para-hydroxylation sites is 1. The molecule has 0 aromatic heterocycles. The van der Waals surface area contributed by atoms with Gasteiger partial charge in [0.2, 0.25) is 5.91 Å². The Balaban J connectivity index is 1.77. The van der Waals surface area contributed by atoms with Crippen molar-refractivity contribution in [3.63, 3.8) is 0 Å². The van der Waals surface area contributed by atoms with Gasteiger partial charge in [0.1, 0.15) is 5.75 Å². The van der Waals surface area contributed by atoms with E-state index < -0.39 is 5.41 Å². The molecule has 4 nitrogen and oxygen atoms in total. The van der Waals surface area contributed by atoms with E-state index in [2.05, 4.69) is 11.4 Å². The Kier molecular flexibility index (Phi) is 4.71. The van der Waals surface area contributed by atoms with E-state index in [4.69, 9.17) is 4.74 Å². The number of hydrogen-bond acceptors (Lipinski definition) is 3. The molecular weight excluding hydrogens is 362 g/mol. The lowest BCUT2D eigenvalue weighted by atomic mass is 9.77. The van der Waals surface area contributed by atoms with Gasteiger partial charge < -0.3 is 10.1 Å². The number of amides is 1. The summed E-state index contributed by atoms with van der Waals surface area (Å²) in [5.74, 6) is 0.791. The van der Waals surface area contributed by atoms with Crippen LogP contribution in [0.15, 0.2) is 66.7 Å². The SMILES string of the molecule is COc1ccccc1CC1(C)C(=O)Nc2ccc(-c3cccc(C(C)=O)c3)cc21. The average Bonchev–Trinajstić information content (AvgIpc) is 2.98. The summed E-state index contributed by atoms with van der Waals surface area (Å²) < 4.78 is 5.49. The molecule has 1 amide bonds. The van der Waals surface area contributed by atoms with Gasteiger partial charge in [-0.05, 0) is 66.8 Å². The summed E-state index contributed by atoms with van der Waals surface area (Å²) in [6.07, 6.45) is 0.535. The highest BCUT2D eigenvalue weighted by Crippen LogP contribution is 2.43. The van der Waals surface area contributed by atoms with Crippen LogP contribution in [0.5, 0.6) is 5.75 Å². The van der Waals surface area contributed by atoms with E-state index in [1.54, 1.807) is 14.0 Å². The third-order valence-corrected chi connectivity index (χ3v) is 5.70. The van der Waals surface area contributed by atoms with E-state index >= 15 is 0 Å². The molecule has 0 aliphatic carbocycles. The minimum Gasteiger partial charge on any atom is -0.496 e. The smallest absolute Gasteiger partial charge is 0.235 e. The third kappa shape index (κ3) is 3.31. The number of methoxy groups -OCH3 is 1. The molecule has 0 radical (unpaired) electrons. The van der Waals surface area contributed by atoms with Crippen LogP contribution >= 0.6 is 0 Å². The lowest BCUT2D eigenvalue weighted by Gasteiger charge is -2.24. The standard InChI is InChI=1S/C25H23NO3/c1-16(27)17-8-6-9-18(13-17)19-11-12-22-21(14-19)25(2,24(28)26-22)15-20-7-4-5-10-23(20)29-3/h4-14H,15H2,1-3H3,(H,26,28). The van der Waals surface area contributed by atoms with Crippen LogP contribution in [0.25, 0.3) is 11.1 Å². The van der Waals surface area contributed by atoms with Crippen LogP contribution in [0.3, 0.4) is 0 Å². The zero-order chi connectivity index (χ0) is 20.6. The van der Waals surface area contributed by atoms with Crippen molar-refractivity contribution in [2.24, 2.45) is 0 Å². The molecule has 4 heteroatoms. The van der Waals surface area contributed by atoms with Gasteiger partial charge in [-0.3, -0.25) is 9.59 Å². The Labute approximate surface area is 170 Å². The van der Waals surface area contributed by atoms with E-state index in [-0.39, 0.29) is 11.7 Å². The molecule has 1 unspecified atom stereocenters. The number of Topliss-reactive ketones (excluding diaryl/α,β-unsaturated/α-hetero) is 1. The molecule has 29 heavy (non-hydrogen) atoms. The molecule has 0 saturated heterocycles. The number of rotatable bonds is 5. The summed E-state index contributed by atoms with van der Waals surface area (Å²) in [6.45, 7) is 3.53. The number of carbonyl (C=O) groups excluding carboxylic acids is 2. The summed E-state index contributed by atoms with van der Waals surface area (Å²) in [5.41, 5.74) is 4.68. The highest BCUT2D eigenvalue weighted by atomic mass is 16.5. The topological polar surface area (TPSA) is 55.4 Å². The van der Waals surface area contributed by atoms with Gasteiger partial charge >= 0.3 is 0 Å². The maximum absolute atomic E-state index is 13.0. The fourth-order valence-corrected chi connectivity index (χ4v) is 4.00. The first kappa shape index (κ1) is 18.9. The molecule has 0 fully saturated rings. The second-order valence-corrected chi connectivity index (χ2v) is 7.67. The molecule has 1 N–H and O–H groups in total. The molecule has 0 saturated carbocycles. The van der Waals surface area contributed by atoms with Crippen LogP contribution in [0.4, 0.5) is 5.69 Å². The van der Waals surface area contributed by atoms with Gasteiger partial charge in [-0.15, -0.1) is 0 Å². The predicted molar refractivity (Wildman–Crippen MR) is 115 cm³/mol. The van der Waals surface area contributed by atoms with Crippen molar-refractivity contribution < 1.29 is 14.3 Å². The van der Waals surface area contributed by atoms with Gasteiger partial charge in [-0.1, -0.05) is 42.5 Å². The second-order valence-electron chi connectivity index (χ2n) is 7.67. The van der Waals surface area contributed by atoms with Gasteiger partial charge in [0.15, 0.2) is 5.78 Å². The van der Waals surface area contributed by atoms with Crippen LogP contribution in [0, 0.1) is 0 Å². The largest absolute Gasteiger partial charge is 0.496 e. The summed E-state index contributed by atoms with van der Waals surface area (Å²) in [7, 11) is 1.64. The molecule has 146 valence electrons. The van der Waals surface area contributed by atoms with Gasteiger partial charge in [0, 0.05) is 11.3 Å². The number of hydrogen-bond donors (Lipinski definition) is 1. The van der Waals surface area contributed by atoms with Crippen molar-refractivity contribution in [1.29, 1.82) is 0 Å². The molecule has 0 bridgehead atoms. The number of carbonyl (C=O) groups is 2.